The highest BCUT2D eigenvalue weighted by Gasteiger charge is 2.15. The Labute approximate surface area is 150 Å². The summed E-state index contributed by atoms with van der Waals surface area (Å²) >= 11 is 0. The molecule has 130 valence electrons. The molecule has 3 nitrogen and oxygen atoms in total. The van der Waals surface area contributed by atoms with Gasteiger partial charge in [-0.1, -0.05) is 90.1 Å². The van der Waals surface area contributed by atoms with Crippen molar-refractivity contribution in [2.45, 2.75) is 52.4 Å². The molecule has 1 N–H and O–H groups in total. The van der Waals surface area contributed by atoms with E-state index in [0.29, 0.717) is 0 Å². The molecule has 0 aliphatic heterocycles. The van der Waals surface area contributed by atoms with Gasteiger partial charge in [0.25, 0.3) is 0 Å². The van der Waals surface area contributed by atoms with Gasteiger partial charge < -0.3 is 0 Å². The van der Waals surface area contributed by atoms with E-state index < -0.39 is 0 Å². The third-order valence-electron chi connectivity index (χ3n) is 4.52. The predicted octanol–water partition coefficient (Wildman–Crippen LogP) is 5.73. The maximum Gasteiger partial charge on any atom is 0.181 e. The minimum absolute atomic E-state index is 0.150. The molecule has 0 atom stereocenters. The van der Waals surface area contributed by atoms with Gasteiger partial charge in [-0.15, -0.1) is 0 Å². The standard InChI is InChI=1S/C22H27N3/c1-21(2,3)17-11-7-15(8-12-17)19-23-20(25-24-19)16-9-13-18(14-10-16)22(4,5)6/h7-14H,1-6H3,(H,23,24,25). The fourth-order valence-corrected chi connectivity index (χ4v) is 2.77. The lowest BCUT2D eigenvalue weighted by Crippen LogP contribution is -2.10. The van der Waals surface area contributed by atoms with Crippen LogP contribution < -0.4 is 0 Å². The summed E-state index contributed by atoms with van der Waals surface area (Å²) in [6, 6.07) is 17.0. The molecule has 0 fully saturated rings. The first-order chi connectivity index (χ1) is 11.6. The first-order valence-electron chi connectivity index (χ1n) is 8.79. The molecule has 0 saturated carbocycles. The van der Waals surface area contributed by atoms with Crippen molar-refractivity contribution in [3.05, 3.63) is 59.7 Å². The van der Waals surface area contributed by atoms with Crippen LogP contribution in [0.2, 0.25) is 0 Å². The van der Waals surface area contributed by atoms with Crippen LogP contribution in [0.4, 0.5) is 0 Å². The lowest BCUT2D eigenvalue weighted by Gasteiger charge is -2.18. The number of aromatic amines is 1. The van der Waals surface area contributed by atoms with Gasteiger partial charge in [0.1, 0.15) is 0 Å². The van der Waals surface area contributed by atoms with E-state index in [-0.39, 0.29) is 10.8 Å². The predicted molar refractivity (Wildman–Crippen MR) is 105 cm³/mol. The van der Waals surface area contributed by atoms with Crippen molar-refractivity contribution in [3.63, 3.8) is 0 Å². The van der Waals surface area contributed by atoms with Crippen molar-refractivity contribution in [3.8, 4) is 22.8 Å². The van der Waals surface area contributed by atoms with Crippen LogP contribution in [0.5, 0.6) is 0 Å². The molecule has 0 aliphatic carbocycles. The number of benzene rings is 2. The van der Waals surface area contributed by atoms with Crippen molar-refractivity contribution in [2.24, 2.45) is 0 Å². The smallest absolute Gasteiger partial charge is 0.181 e. The van der Waals surface area contributed by atoms with Crippen molar-refractivity contribution in [1.29, 1.82) is 0 Å². The Morgan fingerprint density at radius 2 is 1.08 bits per heavy atom. The normalized spacial score (nSPS) is 12.4. The van der Waals surface area contributed by atoms with Crippen LogP contribution >= 0.6 is 0 Å². The highest BCUT2D eigenvalue weighted by molar-refractivity contribution is 5.61. The maximum absolute atomic E-state index is 4.67. The second kappa shape index (κ2) is 6.14. The lowest BCUT2D eigenvalue weighted by molar-refractivity contribution is 0.590. The Kier molecular flexibility index (Phi) is 4.28. The highest BCUT2D eigenvalue weighted by atomic mass is 15.2. The van der Waals surface area contributed by atoms with Gasteiger partial charge in [-0.2, -0.15) is 5.10 Å². The van der Waals surface area contributed by atoms with Crippen LogP contribution in [-0.4, -0.2) is 15.2 Å². The van der Waals surface area contributed by atoms with Gasteiger partial charge in [-0.05, 0) is 22.0 Å². The van der Waals surface area contributed by atoms with Crippen LogP contribution in [0, 0.1) is 0 Å². The molecule has 3 aromatic rings. The average molecular weight is 333 g/mol. The lowest BCUT2D eigenvalue weighted by atomic mass is 9.86. The number of H-pyrrole nitrogens is 1. The van der Waals surface area contributed by atoms with Crippen LogP contribution in [-0.2, 0) is 10.8 Å². The van der Waals surface area contributed by atoms with Crippen molar-refractivity contribution in [2.75, 3.05) is 0 Å². The zero-order chi connectivity index (χ0) is 18.2. The van der Waals surface area contributed by atoms with E-state index in [2.05, 4.69) is 105 Å². The SMILES string of the molecule is CC(C)(C)c1ccc(-c2n[nH]c(-c3ccc(C(C)(C)C)cc3)n2)cc1. The van der Waals surface area contributed by atoms with E-state index in [1.807, 2.05) is 0 Å². The van der Waals surface area contributed by atoms with Gasteiger partial charge in [0, 0.05) is 11.1 Å². The summed E-state index contributed by atoms with van der Waals surface area (Å²) in [5.74, 6) is 1.53. The van der Waals surface area contributed by atoms with Crippen LogP contribution in [0.15, 0.2) is 48.5 Å². The number of aromatic nitrogens is 3. The van der Waals surface area contributed by atoms with Crippen molar-refractivity contribution >= 4 is 0 Å². The Bertz CT molecular complexity index is 770. The van der Waals surface area contributed by atoms with Crippen LogP contribution in [0.3, 0.4) is 0 Å². The summed E-state index contributed by atoms with van der Waals surface area (Å²) in [5, 5.41) is 7.45. The molecule has 1 aromatic heterocycles. The molecule has 0 aliphatic rings. The monoisotopic (exact) mass is 333 g/mol. The summed E-state index contributed by atoms with van der Waals surface area (Å²) in [4.78, 5) is 4.67. The molecule has 3 heteroatoms. The highest BCUT2D eigenvalue weighted by Crippen LogP contribution is 2.27. The third-order valence-corrected chi connectivity index (χ3v) is 4.52. The van der Waals surface area contributed by atoms with E-state index in [1.165, 1.54) is 11.1 Å². The average Bonchev–Trinajstić information content (AvgIpc) is 3.03. The molecule has 0 saturated heterocycles. The summed E-state index contributed by atoms with van der Waals surface area (Å²) in [6.07, 6.45) is 0. The van der Waals surface area contributed by atoms with Crippen LogP contribution in [0.25, 0.3) is 22.8 Å². The number of nitrogens with one attached hydrogen (secondary N) is 1. The van der Waals surface area contributed by atoms with Gasteiger partial charge >= 0.3 is 0 Å². The molecule has 0 radical (unpaired) electrons. The second-order valence-electron chi connectivity index (χ2n) is 8.66. The maximum atomic E-state index is 4.67. The van der Waals surface area contributed by atoms with Gasteiger partial charge in [0.15, 0.2) is 11.6 Å². The molecule has 0 bridgehead atoms. The second-order valence-corrected chi connectivity index (χ2v) is 8.66. The Hall–Kier alpha value is -2.42. The van der Waals surface area contributed by atoms with Crippen molar-refractivity contribution < 1.29 is 0 Å². The van der Waals surface area contributed by atoms with E-state index in [9.17, 15) is 0 Å². The Morgan fingerprint density at radius 3 is 1.52 bits per heavy atom. The fourth-order valence-electron chi connectivity index (χ4n) is 2.77. The van der Waals surface area contributed by atoms with Gasteiger partial charge in [0.2, 0.25) is 0 Å². The molecule has 0 unspecified atom stereocenters. The zero-order valence-corrected chi connectivity index (χ0v) is 16.0. The summed E-state index contributed by atoms with van der Waals surface area (Å²) in [6.45, 7) is 13.3. The Balaban J connectivity index is 1.85. The largest absolute Gasteiger partial charge is 0.259 e. The van der Waals surface area contributed by atoms with E-state index >= 15 is 0 Å². The first kappa shape index (κ1) is 17.4. The van der Waals surface area contributed by atoms with Gasteiger partial charge in [-0.3, -0.25) is 5.10 Å². The number of hydrogen-bond donors (Lipinski definition) is 1. The molecule has 2 aromatic carbocycles. The van der Waals surface area contributed by atoms with Gasteiger partial charge in [-0.25, -0.2) is 4.98 Å². The van der Waals surface area contributed by atoms with E-state index in [1.54, 1.807) is 0 Å². The summed E-state index contributed by atoms with van der Waals surface area (Å²) in [5.41, 5.74) is 5.01. The summed E-state index contributed by atoms with van der Waals surface area (Å²) in [7, 11) is 0. The summed E-state index contributed by atoms with van der Waals surface area (Å²) < 4.78 is 0. The first-order valence-corrected chi connectivity index (χ1v) is 8.79. The number of rotatable bonds is 2. The number of hydrogen-bond acceptors (Lipinski definition) is 2. The molecular formula is C22H27N3. The number of nitrogens with zero attached hydrogens (tertiary/aromatic N) is 2. The molecule has 0 amide bonds. The molecule has 25 heavy (non-hydrogen) atoms. The molecule has 1 heterocycles. The Morgan fingerprint density at radius 1 is 0.640 bits per heavy atom. The minimum atomic E-state index is 0.150. The van der Waals surface area contributed by atoms with E-state index in [0.717, 1.165) is 22.8 Å². The molecular weight excluding hydrogens is 306 g/mol. The van der Waals surface area contributed by atoms with Crippen LogP contribution in [0.1, 0.15) is 52.7 Å². The molecule has 3 rings (SSSR count). The fraction of sp³-hybridized carbons (Fsp3) is 0.364. The zero-order valence-electron chi connectivity index (χ0n) is 16.0. The van der Waals surface area contributed by atoms with Gasteiger partial charge in [0.05, 0.1) is 0 Å². The quantitative estimate of drug-likeness (QED) is 0.650. The van der Waals surface area contributed by atoms with E-state index in [4.69, 9.17) is 0 Å². The minimum Gasteiger partial charge on any atom is -0.259 e. The molecule has 0 spiro atoms. The third kappa shape index (κ3) is 3.81. The van der Waals surface area contributed by atoms with Crippen molar-refractivity contribution in [1.82, 2.24) is 15.2 Å². The topological polar surface area (TPSA) is 41.6 Å².